The highest BCUT2D eigenvalue weighted by Gasteiger charge is 2.21. The number of benzene rings is 8. The van der Waals surface area contributed by atoms with Gasteiger partial charge < -0.3 is 4.57 Å². The molecule has 286 valence electrons. The molecule has 0 atom stereocenters. The number of pyridine rings is 1. The van der Waals surface area contributed by atoms with Crippen molar-refractivity contribution in [3.8, 4) is 84.6 Å². The lowest BCUT2D eigenvalue weighted by Crippen LogP contribution is -2.04. The van der Waals surface area contributed by atoms with Gasteiger partial charge in [-0.1, -0.05) is 182 Å². The molecule has 0 aliphatic rings. The first-order valence-electron chi connectivity index (χ1n) is 22.6. The zero-order valence-corrected chi connectivity index (χ0v) is 32.7. The predicted octanol–water partition coefficient (Wildman–Crippen LogP) is 14.0. The van der Waals surface area contributed by atoms with Crippen LogP contribution in [-0.2, 0) is 0 Å². The first kappa shape index (κ1) is 30.8. The topological polar surface area (TPSA) is 56.5 Å². The zero-order valence-electron chi connectivity index (χ0n) is 37.7. The van der Waals surface area contributed by atoms with Gasteiger partial charge in [-0.25, -0.2) is 19.9 Å². The van der Waals surface area contributed by atoms with Crippen LogP contribution in [0, 0.1) is 0 Å². The Morgan fingerprint density at radius 3 is 1.51 bits per heavy atom. The van der Waals surface area contributed by atoms with E-state index in [0.29, 0.717) is 45.6 Å². The van der Waals surface area contributed by atoms with Gasteiger partial charge in [0.1, 0.15) is 0 Å². The van der Waals surface area contributed by atoms with E-state index >= 15 is 0 Å². The maximum Gasteiger partial charge on any atom is 0.166 e. The zero-order chi connectivity index (χ0) is 44.9. The Morgan fingerprint density at radius 2 is 0.852 bits per heavy atom. The molecule has 0 aliphatic carbocycles. The van der Waals surface area contributed by atoms with E-state index < -0.39 is 18.1 Å². The van der Waals surface area contributed by atoms with E-state index in [1.54, 1.807) is 12.1 Å². The Hall–Kier alpha value is -8.28. The van der Waals surface area contributed by atoms with E-state index in [-0.39, 0.29) is 17.6 Å². The van der Waals surface area contributed by atoms with Crippen molar-refractivity contribution in [1.29, 1.82) is 0 Å². The molecule has 3 heterocycles. The number of aromatic nitrogens is 5. The first-order chi connectivity index (χ1) is 32.3. The molecule has 0 radical (unpaired) electrons. The number of rotatable bonds is 8. The molecule has 5 nitrogen and oxygen atoms in total. The second-order valence-corrected chi connectivity index (χ2v) is 14.7. The smallest absolute Gasteiger partial charge is 0.166 e. The molecule has 0 bridgehead atoms. The van der Waals surface area contributed by atoms with Gasteiger partial charge in [0.25, 0.3) is 0 Å². The summed E-state index contributed by atoms with van der Waals surface area (Å²) in [6.45, 7) is 0. The van der Waals surface area contributed by atoms with Crippen LogP contribution in [0.25, 0.3) is 106 Å². The van der Waals surface area contributed by atoms with Crippen molar-refractivity contribution in [2.45, 2.75) is 0 Å². The summed E-state index contributed by atoms with van der Waals surface area (Å²) in [5, 5.41) is 2.18. The summed E-state index contributed by atoms with van der Waals surface area (Å²) < 4.78 is 45.5. The highest BCUT2D eigenvalue weighted by atomic mass is 15.1. The first-order valence-corrected chi connectivity index (χ1v) is 20.1. The molecule has 0 unspecified atom stereocenters. The number of hydrogen-bond donors (Lipinski definition) is 0. The van der Waals surface area contributed by atoms with E-state index in [0.717, 1.165) is 55.3 Å². The number of para-hydroxylation sites is 1. The number of nitrogens with zero attached hydrogens (tertiary/aromatic N) is 5. The largest absolute Gasteiger partial charge is 0.309 e. The second kappa shape index (κ2) is 15.5. The van der Waals surface area contributed by atoms with Gasteiger partial charge >= 0.3 is 0 Å². The SMILES string of the molecule is [2H]c1c([2H])c([2H])c(-c2cc(-c3ccccc3)nc(-c3ccc(-n4c5ccccc5c5cc(-c6ccccc6)ccc54)c(-c4nc(-c5ccccc5)nc(-c5ccccc5)n4)c3)c2)c([2H])c1[2H]. The Morgan fingerprint density at radius 1 is 0.328 bits per heavy atom. The van der Waals surface area contributed by atoms with Crippen molar-refractivity contribution in [3.63, 3.8) is 0 Å². The Balaban J connectivity index is 1.21. The van der Waals surface area contributed by atoms with Gasteiger partial charge in [-0.2, -0.15) is 0 Å². The van der Waals surface area contributed by atoms with Crippen LogP contribution in [0.4, 0.5) is 0 Å². The van der Waals surface area contributed by atoms with E-state index in [1.807, 2.05) is 115 Å². The monoisotopic (exact) mass is 784 g/mol. The molecule has 0 aliphatic heterocycles. The molecule has 5 heteroatoms. The van der Waals surface area contributed by atoms with Crippen molar-refractivity contribution in [3.05, 3.63) is 224 Å². The standard InChI is InChI=1S/C56H37N5/c1-6-18-38(19-7-1)43-30-32-52-47(34-43)46-28-16-17-29-51(46)61(52)53-33-31-44(50-37-45(39-20-8-2-9-21-39)36-49(57-50)40-22-10-3-11-23-40)35-48(53)56-59-54(41-24-12-4-13-25-41)58-55(60-56)42-26-14-5-15-27-42/h1-37H/i2D,8D,9D,20D,21D. The third-order valence-electron chi connectivity index (χ3n) is 10.9. The Bertz CT molecular complexity index is 3550. The number of hydrogen-bond acceptors (Lipinski definition) is 4. The fourth-order valence-electron chi connectivity index (χ4n) is 8.02. The lowest BCUT2D eigenvalue weighted by molar-refractivity contribution is 1.06. The van der Waals surface area contributed by atoms with E-state index in [4.69, 9.17) is 26.8 Å². The van der Waals surface area contributed by atoms with Crippen LogP contribution in [0.2, 0.25) is 0 Å². The lowest BCUT2D eigenvalue weighted by Gasteiger charge is -2.17. The quantitative estimate of drug-likeness (QED) is 0.154. The van der Waals surface area contributed by atoms with Crippen molar-refractivity contribution in [1.82, 2.24) is 24.5 Å². The summed E-state index contributed by atoms with van der Waals surface area (Å²) in [7, 11) is 0. The van der Waals surface area contributed by atoms with E-state index in [2.05, 4.69) is 71.3 Å². The molecule has 0 spiro atoms. The van der Waals surface area contributed by atoms with E-state index in [1.165, 1.54) is 0 Å². The van der Waals surface area contributed by atoms with Crippen molar-refractivity contribution < 1.29 is 6.85 Å². The molecule has 11 aromatic rings. The third-order valence-corrected chi connectivity index (χ3v) is 10.9. The maximum absolute atomic E-state index is 8.94. The molecule has 0 amide bonds. The maximum atomic E-state index is 8.94. The average molecular weight is 785 g/mol. The van der Waals surface area contributed by atoms with Crippen LogP contribution in [0.5, 0.6) is 0 Å². The summed E-state index contributed by atoms with van der Waals surface area (Å²) in [5.41, 5.74) is 10.6. The summed E-state index contributed by atoms with van der Waals surface area (Å²) in [5.74, 6) is 1.47. The minimum absolute atomic E-state index is 0.0938. The Kier molecular flexibility index (Phi) is 7.80. The fourth-order valence-corrected chi connectivity index (χ4v) is 8.02. The van der Waals surface area contributed by atoms with Gasteiger partial charge in [0.15, 0.2) is 17.5 Å². The lowest BCUT2D eigenvalue weighted by atomic mass is 9.98. The summed E-state index contributed by atoms with van der Waals surface area (Å²) in [6, 6.07) is 62.6. The highest BCUT2D eigenvalue weighted by Crippen LogP contribution is 2.40. The molecule has 0 N–H and O–H groups in total. The third kappa shape index (κ3) is 6.84. The van der Waals surface area contributed by atoms with Crippen LogP contribution in [0.15, 0.2) is 224 Å². The van der Waals surface area contributed by atoms with Gasteiger partial charge in [-0.15, -0.1) is 0 Å². The van der Waals surface area contributed by atoms with Crippen molar-refractivity contribution in [2.75, 3.05) is 0 Å². The highest BCUT2D eigenvalue weighted by molar-refractivity contribution is 6.11. The van der Waals surface area contributed by atoms with Crippen LogP contribution in [-0.4, -0.2) is 24.5 Å². The second-order valence-electron chi connectivity index (χ2n) is 14.7. The summed E-state index contributed by atoms with van der Waals surface area (Å²) in [6.07, 6.45) is 0. The molecular formula is C56H37N5. The van der Waals surface area contributed by atoms with Crippen LogP contribution in [0.1, 0.15) is 6.85 Å². The molecule has 61 heavy (non-hydrogen) atoms. The molecule has 0 fully saturated rings. The Labute approximate surface area is 361 Å². The molecular weight excluding hydrogens is 743 g/mol. The molecule has 0 saturated heterocycles. The van der Waals surface area contributed by atoms with E-state index in [9.17, 15) is 0 Å². The molecule has 0 saturated carbocycles. The molecule has 11 rings (SSSR count). The van der Waals surface area contributed by atoms with Gasteiger partial charge in [0, 0.05) is 38.6 Å². The number of fused-ring (bicyclic) bond motifs is 3. The molecule has 3 aromatic heterocycles. The average Bonchev–Trinajstić information content (AvgIpc) is 3.71. The normalized spacial score (nSPS) is 12.4. The minimum Gasteiger partial charge on any atom is -0.309 e. The van der Waals surface area contributed by atoms with Gasteiger partial charge in [-0.3, -0.25) is 0 Å². The van der Waals surface area contributed by atoms with Crippen LogP contribution >= 0.6 is 0 Å². The molecule has 8 aromatic carbocycles. The van der Waals surface area contributed by atoms with Gasteiger partial charge in [0.05, 0.1) is 35.0 Å². The van der Waals surface area contributed by atoms with Crippen LogP contribution < -0.4 is 0 Å². The van der Waals surface area contributed by atoms with Crippen molar-refractivity contribution >= 4 is 21.8 Å². The minimum atomic E-state index is -0.449. The fraction of sp³-hybridized carbons (Fsp3) is 0. The predicted molar refractivity (Wildman–Crippen MR) is 250 cm³/mol. The van der Waals surface area contributed by atoms with Crippen molar-refractivity contribution in [2.24, 2.45) is 0 Å². The summed E-state index contributed by atoms with van der Waals surface area (Å²) in [4.78, 5) is 20.7. The van der Waals surface area contributed by atoms with Gasteiger partial charge in [-0.05, 0) is 64.7 Å². The van der Waals surface area contributed by atoms with Gasteiger partial charge in [0.2, 0.25) is 0 Å². The van der Waals surface area contributed by atoms with Crippen LogP contribution in [0.3, 0.4) is 0 Å². The summed E-state index contributed by atoms with van der Waals surface area (Å²) >= 11 is 0.